The van der Waals surface area contributed by atoms with Crippen molar-refractivity contribution in [1.82, 2.24) is 0 Å². The summed E-state index contributed by atoms with van der Waals surface area (Å²) in [6, 6.07) is 6.45. The minimum absolute atomic E-state index is 0.201. The molecule has 1 aliphatic carbocycles. The molecule has 0 radical (unpaired) electrons. The fourth-order valence-electron chi connectivity index (χ4n) is 2.08. The van der Waals surface area contributed by atoms with Crippen LogP contribution in [0.4, 0.5) is 0 Å². The second kappa shape index (κ2) is 5.41. The number of fused-ring (bicyclic) bond motifs is 1. The SMILES string of the molecule is COC(=O)C1=Cc2cc(SC)ccc2CCC1. The van der Waals surface area contributed by atoms with Gasteiger partial charge in [0.1, 0.15) is 0 Å². The Morgan fingerprint density at radius 2 is 2.18 bits per heavy atom. The van der Waals surface area contributed by atoms with Crippen LogP contribution in [0, 0.1) is 0 Å². The lowest BCUT2D eigenvalue weighted by atomic mass is 10.0. The highest BCUT2D eigenvalue weighted by molar-refractivity contribution is 7.98. The maximum atomic E-state index is 11.6. The highest BCUT2D eigenvalue weighted by atomic mass is 32.2. The molecule has 0 atom stereocenters. The smallest absolute Gasteiger partial charge is 0.333 e. The minimum atomic E-state index is -0.201. The molecular formula is C14H16O2S. The van der Waals surface area contributed by atoms with Crippen molar-refractivity contribution in [3.8, 4) is 0 Å². The molecule has 0 unspecified atom stereocenters. The number of benzene rings is 1. The van der Waals surface area contributed by atoms with Crippen LogP contribution in [0.1, 0.15) is 24.0 Å². The zero-order valence-corrected chi connectivity index (χ0v) is 11.0. The number of carbonyl (C=O) groups excluding carboxylic acids is 1. The zero-order chi connectivity index (χ0) is 12.3. The van der Waals surface area contributed by atoms with E-state index in [1.807, 2.05) is 6.08 Å². The maximum absolute atomic E-state index is 11.6. The summed E-state index contributed by atoms with van der Waals surface area (Å²) in [4.78, 5) is 12.8. The molecule has 0 saturated heterocycles. The molecule has 0 N–H and O–H groups in total. The number of esters is 1. The van der Waals surface area contributed by atoms with Crippen molar-refractivity contribution in [2.75, 3.05) is 13.4 Å². The molecule has 0 spiro atoms. The summed E-state index contributed by atoms with van der Waals surface area (Å²) < 4.78 is 4.80. The van der Waals surface area contributed by atoms with Gasteiger partial charge in [0, 0.05) is 10.5 Å². The summed E-state index contributed by atoms with van der Waals surface area (Å²) in [5, 5.41) is 0. The zero-order valence-electron chi connectivity index (χ0n) is 10.2. The van der Waals surface area contributed by atoms with Gasteiger partial charge in [0.25, 0.3) is 0 Å². The molecule has 1 aromatic rings. The van der Waals surface area contributed by atoms with E-state index in [9.17, 15) is 4.79 Å². The molecule has 2 nitrogen and oxygen atoms in total. The molecule has 1 aliphatic rings. The van der Waals surface area contributed by atoms with E-state index in [-0.39, 0.29) is 5.97 Å². The Hall–Kier alpha value is -1.22. The van der Waals surface area contributed by atoms with E-state index in [0.29, 0.717) is 0 Å². The summed E-state index contributed by atoms with van der Waals surface area (Å²) in [7, 11) is 1.44. The molecule has 0 heterocycles. The summed E-state index contributed by atoms with van der Waals surface area (Å²) in [5.41, 5.74) is 3.26. The number of methoxy groups -OCH3 is 1. The molecule has 0 fully saturated rings. The first kappa shape index (κ1) is 12.2. The third-order valence-corrected chi connectivity index (χ3v) is 3.75. The molecule has 0 amide bonds. The quantitative estimate of drug-likeness (QED) is 0.593. The van der Waals surface area contributed by atoms with Crippen molar-refractivity contribution in [3.63, 3.8) is 0 Å². The molecule has 0 aliphatic heterocycles. The Morgan fingerprint density at radius 3 is 2.88 bits per heavy atom. The summed E-state index contributed by atoms with van der Waals surface area (Å²) in [6.07, 6.45) is 6.88. The normalized spacial score (nSPS) is 14.6. The van der Waals surface area contributed by atoms with Gasteiger partial charge in [-0.2, -0.15) is 0 Å². The third-order valence-electron chi connectivity index (χ3n) is 3.02. The van der Waals surface area contributed by atoms with Gasteiger partial charge >= 0.3 is 5.97 Å². The van der Waals surface area contributed by atoms with Crippen LogP contribution in [0.25, 0.3) is 6.08 Å². The number of thioether (sulfide) groups is 1. The Balaban J connectivity index is 2.41. The average molecular weight is 248 g/mol. The van der Waals surface area contributed by atoms with Gasteiger partial charge in [0.15, 0.2) is 0 Å². The highest BCUT2D eigenvalue weighted by Gasteiger charge is 2.14. The van der Waals surface area contributed by atoms with E-state index in [1.165, 1.54) is 17.6 Å². The van der Waals surface area contributed by atoms with Crippen LogP contribution < -0.4 is 0 Å². The van der Waals surface area contributed by atoms with Crippen molar-refractivity contribution < 1.29 is 9.53 Å². The molecule has 17 heavy (non-hydrogen) atoms. The van der Waals surface area contributed by atoms with Gasteiger partial charge in [-0.25, -0.2) is 4.79 Å². The monoisotopic (exact) mass is 248 g/mol. The molecular weight excluding hydrogens is 232 g/mol. The highest BCUT2D eigenvalue weighted by Crippen LogP contribution is 2.27. The number of hydrogen-bond acceptors (Lipinski definition) is 3. The van der Waals surface area contributed by atoms with Crippen LogP contribution in [-0.2, 0) is 16.0 Å². The van der Waals surface area contributed by atoms with Gasteiger partial charge in [-0.15, -0.1) is 11.8 Å². The van der Waals surface area contributed by atoms with Crippen LogP contribution >= 0.6 is 11.8 Å². The second-order valence-electron chi connectivity index (χ2n) is 4.08. The number of ether oxygens (including phenoxy) is 1. The van der Waals surface area contributed by atoms with E-state index in [1.54, 1.807) is 11.8 Å². The number of rotatable bonds is 2. The van der Waals surface area contributed by atoms with Gasteiger partial charge in [-0.05, 0) is 54.9 Å². The van der Waals surface area contributed by atoms with Crippen LogP contribution in [0.3, 0.4) is 0 Å². The van der Waals surface area contributed by atoms with E-state index >= 15 is 0 Å². The number of aryl methyl sites for hydroxylation is 1. The molecule has 0 bridgehead atoms. The second-order valence-corrected chi connectivity index (χ2v) is 4.96. The van der Waals surface area contributed by atoms with Gasteiger partial charge in [0.2, 0.25) is 0 Å². The Kier molecular flexibility index (Phi) is 3.89. The lowest BCUT2D eigenvalue weighted by molar-refractivity contribution is -0.136. The van der Waals surface area contributed by atoms with Crippen LogP contribution in [0.5, 0.6) is 0 Å². The fraction of sp³-hybridized carbons (Fsp3) is 0.357. The number of hydrogen-bond donors (Lipinski definition) is 0. The fourth-order valence-corrected chi connectivity index (χ4v) is 2.53. The van der Waals surface area contributed by atoms with Crippen molar-refractivity contribution in [3.05, 3.63) is 34.9 Å². The Morgan fingerprint density at radius 1 is 1.35 bits per heavy atom. The lowest BCUT2D eigenvalue weighted by Gasteiger charge is -2.05. The Labute approximate surface area is 106 Å². The van der Waals surface area contributed by atoms with E-state index in [2.05, 4.69) is 24.5 Å². The van der Waals surface area contributed by atoms with Crippen molar-refractivity contribution in [2.45, 2.75) is 24.2 Å². The van der Waals surface area contributed by atoms with Crippen LogP contribution in [0.2, 0.25) is 0 Å². The van der Waals surface area contributed by atoms with Crippen molar-refractivity contribution >= 4 is 23.8 Å². The number of carbonyl (C=O) groups is 1. The molecule has 1 aromatic carbocycles. The summed E-state index contributed by atoms with van der Waals surface area (Å²) in [6.45, 7) is 0. The topological polar surface area (TPSA) is 26.3 Å². The predicted octanol–water partition coefficient (Wildman–Crippen LogP) is 3.30. The molecule has 3 heteroatoms. The molecule has 2 rings (SSSR count). The van der Waals surface area contributed by atoms with Gasteiger partial charge in [-0.1, -0.05) is 6.07 Å². The van der Waals surface area contributed by atoms with Gasteiger partial charge in [-0.3, -0.25) is 0 Å². The van der Waals surface area contributed by atoms with Crippen LogP contribution in [0.15, 0.2) is 28.7 Å². The van der Waals surface area contributed by atoms with E-state index in [0.717, 1.165) is 30.4 Å². The summed E-state index contributed by atoms with van der Waals surface area (Å²) >= 11 is 1.72. The van der Waals surface area contributed by atoms with Crippen molar-refractivity contribution in [1.29, 1.82) is 0 Å². The van der Waals surface area contributed by atoms with E-state index in [4.69, 9.17) is 4.74 Å². The first-order valence-corrected chi connectivity index (χ1v) is 6.93. The lowest BCUT2D eigenvalue weighted by Crippen LogP contribution is -2.03. The minimum Gasteiger partial charge on any atom is -0.466 e. The maximum Gasteiger partial charge on any atom is 0.333 e. The Bertz CT molecular complexity index is 463. The van der Waals surface area contributed by atoms with Crippen molar-refractivity contribution in [2.24, 2.45) is 0 Å². The molecule has 0 aromatic heterocycles. The largest absolute Gasteiger partial charge is 0.466 e. The third kappa shape index (κ3) is 2.72. The van der Waals surface area contributed by atoms with Gasteiger partial charge < -0.3 is 4.74 Å². The average Bonchev–Trinajstić information content (AvgIpc) is 2.58. The van der Waals surface area contributed by atoms with E-state index < -0.39 is 0 Å². The van der Waals surface area contributed by atoms with Crippen LogP contribution in [-0.4, -0.2) is 19.3 Å². The first-order valence-electron chi connectivity index (χ1n) is 5.70. The molecule has 0 saturated carbocycles. The van der Waals surface area contributed by atoms with Gasteiger partial charge in [0.05, 0.1) is 7.11 Å². The first-order chi connectivity index (χ1) is 8.24. The standard InChI is InChI=1S/C14H16O2S/c1-16-14(15)11-5-3-4-10-6-7-13(17-2)9-12(10)8-11/h6-9H,3-5H2,1-2H3. The summed E-state index contributed by atoms with van der Waals surface area (Å²) in [5.74, 6) is -0.201. The molecule has 90 valence electrons. The predicted molar refractivity (Wildman–Crippen MR) is 71.2 cm³/mol.